The Morgan fingerprint density at radius 1 is 1.29 bits per heavy atom. The zero-order valence-electron chi connectivity index (χ0n) is 17.5. The molecule has 4 N–H and O–H groups in total. The normalized spacial score (nSPS) is 16.4. The molecule has 1 atom stereocenters. The molecule has 0 aliphatic carbocycles. The van der Waals surface area contributed by atoms with Gasteiger partial charge in [0.2, 0.25) is 5.91 Å². The fraction of sp³-hybridized carbons (Fsp3) is 0.476. The highest BCUT2D eigenvalue weighted by Crippen LogP contribution is 2.29. The molecule has 10 nitrogen and oxygen atoms in total. The van der Waals surface area contributed by atoms with E-state index in [-0.39, 0.29) is 5.76 Å². The third kappa shape index (κ3) is 4.80. The molecule has 1 saturated heterocycles. The highest BCUT2D eigenvalue weighted by atomic mass is 16.5. The second kappa shape index (κ2) is 9.80. The number of piperidine rings is 1. The summed E-state index contributed by atoms with van der Waals surface area (Å²) in [7, 11) is 1.16. The molecule has 2 heterocycles. The first-order valence-corrected chi connectivity index (χ1v) is 10.1. The Labute approximate surface area is 179 Å². The molecule has 1 aliphatic rings. The number of fused-ring (bicyclic) bond motifs is 1. The van der Waals surface area contributed by atoms with Crippen LogP contribution in [-0.4, -0.2) is 67.9 Å². The van der Waals surface area contributed by atoms with E-state index in [1.807, 2.05) is 6.92 Å². The summed E-state index contributed by atoms with van der Waals surface area (Å²) >= 11 is 0. The van der Waals surface area contributed by atoms with Crippen LogP contribution in [0.25, 0.3) is 11.0 Å². The minimum absolute atomic E-state index is 0.0412. The van der Waals surface area contributed by atoms with E-state index in [0.29, 0.717) is 49.3 Å². The van der Waals surface area contributed by atoms with E-state index in [0.717, 1.165) is 7.11 Å². The van der Waals surface area contributed by atoms with Crippen molar-refractivity contribution in [1.29, 1.82) is 0 Å². The Kier molecular flexibility index (Phi) is 7.13. The molecule has 1 aromatic heterocycles. The molecule has 10 heteroatoms. The maximum absolute atomic E-state index is 13.1. The average molecular weight is 433 g/mol. The van der Waals surface area contributed by atoms with Crippen LogP contribution in [-0.2, 0) is 14.3 Å². The Morgan fingerprint density at radius 3 is 2.68 bits per heavy atom. The van der Waals surface area contributed by atoms with Crippen LogP contribution in [0.2, 0.25) is 0 Å². The zero-order chi connectivity index (χ0) is 22.4. The standard InChI is InChI=1S/C21H27N3O7/c1-3-30-15-6-4-5-13-11-16(31-17(13)15)18(26)24-21(7-9-22-10-8-21)20(28)23-14(12-25)19(27)29-2/h4-6,11,14,22,25H,3,7-10,12H2,1-2H3,(H,23,28)(H,24,26). The van der Waals surface area contributed by atoms with E-state index in [1.165, 1.54) is 0 Å². The summed E-state index contributed by atoms with van der Waals surface area (Å²) < 4.78 is 15.9. The monoisotopic (exact) mass is 433 g/mol. The molecule has 2 amide bonds. The number of carbonyl (C=O) groups excluding carboxylic acids is 3. The average Bonchev–Trinajstić information content (AvgIpc) is 3.23. The van der Waals surface area contributed by atoms with Crippen LogP contribution in [0.4, 0.5) is 0 Å². The number of furan rings is 1. The van der Waals surface area contributed by atoms with Crippen molar-refractivity contribution in [3.8, 4) is 5.75 Å². The first-order valence-electron chi connectivity index (χ1n) is 10.1. The Morgan fingerprint density at radius 2 is 2.03 bits per heavy atom. The summed E-state index contributed by atoms with van der Waals surface area (Å²) in [4.78, 5) is 37.9. The molecule has 2 aromatic rings. The number of aliphatic hydroxyl groups is 1. The number of carbonyl (C=O) groups is 3. The SMILES string of the molecule is CCOc1cccc2cc(C(=O)NC3(C(=O)NC(CO)C(=O)OC)CCNCC3)oc12. The van der Waals surface area contributed by atoms with Gasteiger partial charge in [0.15, 0.2) is 23.1 Å². The summed E-state index contributed by atoms with van der Waals surface area (Å²) in [6, 6.07) is 5.72. The lowest BCUT2D eigenvalue weighted by Crippen LogP contribution is -2.65. The lowest BCUT2D eigenvalue weighted by Gasteiger charge is -2.37. The van der Waals surface area contributed by atoms with Gasteiger partial charge in [-0.2, -0.15) is 0 Å². The molecule has 0 radical (unpaired) electrons. The second-order valence-corrected chi connectivity index (χ2v) is 7.24. The van der Waals surface area contributed by atoms with Gasteiger partial charge in [0.05, 0.1) is 20.3 Å². The number of para-hydroxylation sites is 1. The Balaban J connectivity index is 1.84. The van der Waals surface area contributed by atoms with E-state index < -0.39 is 36.0 Å². The molecule has 31 heavy (non-hydrogen) atoms. The van der Waals surface area contributed by atoms with Gasteiger partial charge in [0.1, 0.15) is 5.54 Å². The number of amides is 2. The van der Waals surface area contributed by atoms with E-state index in [2.05, 4.69) is 20.7 Å². The van der Waals surface area contributed by atoms with Crippen LogP contribution in [0.15, 0.2) is 28.7 Å². The first-order chi connectivity index (χ1) is 14.9. The number of ether oxygens (including phenoxy) is 2. The van der Waals surface area contributed by atoms with Gasteiger partial charge >= 0.3 is 5.97 Å². The van der Waals surface area contributed by atoms with Crippen molar-refractivity contribution in [2.75, 3.05) is 33.4 Å². The molecular formula is C21H27N3O7. The van der Waals surface area contributed by atoms with Gasteiger partial charge in [-0.3, -0.25) is 9.59 Å². The van der Waals surface area contributed by atoms with Gasteiger partial charge in [0, 0.05) is 5.39 Å². The number of aliphatic hydroxyl groups excluding tert-OH is 1. The summed E-state index contributed by atoms with van der Waals surface area (Å²) in [6.45, 7) is 2.66. The fourth-order valence-electron chi connectivity index (χ4n) is 3.58. The van der Waals surface area contributed by atoms with Crippen LogP contribution in [0.5, 0.6) is 5.75 Å². The van der Waals surface area contributed by atoms with E-state index in [4.69, 9.17) is 9.15 Å². The molecule has 1 fully saturated rings. The Bertz CT molecular complexity index is 950. The van der Waals surface area contributed by atoms with Crippen molar-refractivity contribution in [3.63, 3.8) is 0 Å². The van der Waals surface area contributed by atoms with Crippen molar-refractivity contribution in [2.45, 2.75) is 31.3 Å². The summed E-state index contributed by atoms with van der Waals surface area (Å²) in [5, 5.41) is 18.5. The van der Waals surface area contributed by atoms with Gasteiger partial charge in [-0.15, -0.1) is 0 Å². The molecule has 1 unspecified atom stereocenters. The van der Waals surface area contributed by atoms with Crippen LogP contribution in [0.1, 0.15) is 30.3 Å². The molecule has 168 valence electrons. The van der Waals surface area contributed by atoms with Crippen LogP contribution >= 0.6 is 0 Å². The molecule has 3 rings (SSSR count). The number of esters is 1. The predicted octanol–water partition coefficient (Wildman–Crippen LogP) is 0.334. The third-order valence-electron chi connectivity index (χ3n) is 5.25. The molecule has 0 spiro atoms. The van der Waals surface area contributed by atoms with E-state index >= 15 is 0 Å². The van der Waals surface area contributed by atoms with Crippen molar-refractivity contribution >= 4 is 28.8 Å². The largest absolute Gasteiger partial charge is 0.490 e. The van der Waals surface area contributed by atoms with Crippen LogP contribution in [0, 0.1) is 0 Å². The van der Waals surface area contributed by atoms with Crippen LogP contribution < -0.4 is 20.7 Å². The number of methoxy groups -OCH3 is 1. The van der Waals surface area contributed by atoms with Crippen molar-refractivity contribution < 1.29 is 33.4 Å². The minimum Gasteiger partial charge on any atom is -0.490 e. The smallest absolute Gasteiger partial charge is 0.330 e. The lowest BCUT2D eigenvalue weighted by molar-refractivity contribution is -0.147. The van der Waals surface area contributed by atoms with Crippen molar-refractivity contribution in [1.82, 2.24) is 16.0 Å². The molecule has 0 bridgehead atoms. The highest BCUT2D eigenvalue weighted by Gasteiger charge is 2.43. The first kappa shape index (κ1) is 22.6. The van der Waals surface area contributed by atoms with Gasteiger partial charge in [0.25, 0.3) is 5.91 Å². The number of rotatable bonds is 8. The fourth-order valence-corrected chi connectivity index (χ4v) is 3.58. The van der Waals surface area contributed by atoms with E-state index in [1.54, 1.807) is 24.3 Å². The maximum Gasteiger partial charge on any atom is 0.330 e. The van der Waals surface area contributed by atoms with Crippen molar-refractivity contribution in [3.05, 3.63) is 30.0 Å². The highest BCUT2D eigenvalue weighted by molar-refractivity contribution is 6.01. The summed E-state index contributed by atoms with van der Waals surface area (Å²) in [5.74, 6) is -1.34. The molecular weight excluding hydrogens is 406 g/mol. The van der Waals surface area contributed by atoms with Gasteiger partial charge in [-0.05, 0) is 45.0 Å². The molecule has 1 aromatic carbocycles. The summed E-state index contributed by atoms with van der Waals surface area (Å²) in [6.07, 6.45) is 0.600. The number of hydrogen-bond acceptors (Lipinski definition) is 8. The number of hydrogen-bond donors (Lipinski definition) is 4. The maximum atomic E-state index is 13.1. The van der Waals surface area contributed by atoms with Gasteiger partial charge < -0.3 is 34.9 Å². The summed E-state index contributed by atoms with van der Waals surface area (Å²) in [5.41, 5.74) is -0.824. The lowest BCUT2D eigenvalue weighted by atomic mass is 9.86. The van der Waals surface area contributed by atoms with E-state index in [9.17, 15) is 19.5 Å². The second-order valence-electron chi connectivity index (χ2n) is 7.24. The zero-order valence-corrected chi connectivity index (χ0v) is 17.5. The van der Waals surface area contributed by atoms with Crippen molar-refractivity contribution in [2.24, 2.45) is 0 Å². The number of benzene rings is 1. The minimum atomic E-state index is -1.27. The van der Waals surface area contributed by atoms with Crippen LogP contribution in [0.3, 0.4) is 0 Å². The molecule has 1 aliphatic heterocycles. The van der Waals surface area contributed by atoms with Gasteiger partial charge in [-0.25, -0.2) is 4.79 Å². The quantitative estimate of drug-likeness (QED) is 0.437. The topological polar surface area (TPSA) is 139 Å². The third-order valence-corrected chi connectivity index (χ3v) is 5.25. The Hall–Kier alpha value is -3.11. The number of nitrogens with one attached hydrogen (secondary N) is 3. The predicted molar refractivity (Wildman–Crippen MR) is 111 cm³/mol. The van der Waals surface area contributed by atoms with Gasteiger partial charge in [-0.1, -0.05) is 12.1 Å². The molecule has 0 saturated carbocycles.